The van der Waals surface area contributed by atoms with Crippen molar-refractivity contribution in [3.05, 3.63) is 52.2 Å². The first-order valence-corrected chi connectivity index (χ1v) is 6.87. The number of rotatable bonds is 2. The van der Waals surface area contributed by atoms with Gasteiger partial charge in [0.2, 0.25) is 0 Å². The predicted octanol–water partition coefficient (Wildman–Crippen LogP) is 3.28. The maximum absolute atomic E-state index is 12.5. The van der Waals surface area contributed by atoms with E-state index in [1.165, 1.54) is 34.8 Å². The fourth-order valence-corrected chi connectivity index (χ4v) is 2.37. The summed E-state index contributed by atoms with van der Waals surface area (Å²) in [5, 5.41) is 0. The molecule has 0 saturated carbocycles. The number of aryl methyl sites for hydroxylation is 1. The quantitative estimate of drug-likeness (QED) is 0.798. The molecule has 0 aliphatic rings. The first-order valence-electron chi connectivity index (χ1n) is 5.64. The summed E-state index contributed by atoms with van der Waals surface area (Å²) in [6.45, 7) is 1.71. The average molecular weight is 300 g/mol. The first-order chi connectivity index (χ1) is 9.34. The number of thioether (sulfide) groups is 1. The van der Waals surface area contributed by atoms with Crippen LogP contribution in [0.2, 0.25) is 0 Å². The van der Waals surface area contributed by atoms with E-state index in [0.29, 0.717) is 16.3 Å². The summed E-state index contributed by atoms with van der Waals surface area (Å²) >= 11 is 1.26. The van der Waals surface area contributed by atoms with Gasteiger partial charge in [-0.25, -0.2) is 4.98 Å². The SMILES string of the molecule is CSc1c(C)ncn(-c2ccc(C(F)(F)F)cc2)c1=O. The van der Waals surface area contributed by atoms with E-state index < -0.39 is 11.7 Å². The van der Waals surface area contributed by atoms with Crippen molar-refractivity contribution in [2.45, 2.75) is 18.0 Å². The lowest BCUT2D eigenvalue weighted by Crippen LogP contribution is -2.21. The minimum Gasteiger partial charge on any atom is -0.268 e. The van der Waals surface area contributed by atoms with Crippen LogP contribution in [0.15, 0.2) is 40.3 Å². The molecule has 1 aromatic heterocycles. The minimum atomic E-state index is -4.39. The summed E-state index contributed by atoms with van der Waals surface area (Å²) < 4.78 is 38.7. The van der Waals surface area contributed by atoms with Crippen LogP contribution in [0.25, 0.3) is 5.69 Å². The Labute approximate surface area is 117 Å². The normalized spacial score (nSPS) is 11.7. The Morgan fingerprint density at radius 1 is 1.20 bits per heavy atom. The smallest absolute Gasteiger partial charge is 0.268 e. The van der Waals surface area contributed by atoms with Gasteiger partial charge in [-0.05, 0) is 37.4 Å². The topological polar surface area (TPSA) is 34.9 Å². The predicted molar refractivity (Wildman–Crippen MR) is 71.4 cm³/mol. The summed E-state index contributed by atoms with van der Waals surface area (Å²) in [6.07, 6.45) is -1.32. The Morgan fingerprint density at radius 2 is 1.80 bits per heavy atom. The molecular weight excluding hydrogens is 289 g/mol. The minimum absolute atomic E-state index is 0.287. The summed E-state index contributed by atoms with van der Waals surface area (Å²) in [4.78, 5) is 16.7. The second-order valence-corrected chi connectivity index (χ2v) is 4.90. The highest BCUT2D eigenvalue weighted by atomic mass is 32.2. The molecule has 2 aromatic rings. The van der Waals surface area contributed by atoms with E-state index in [1.807, 2.05) is 0 Å². The van der Waals surface area contributed by atoms with E-state index in [0.717, 1.165) is 12.1 Å². The molecule has 2 rings (SSSR count). The lowest BCUT2D eigenvalue weighted by molar-refractivity contribution is -0.137. The van der Waals surface area contributed by atoms with Crippen LogP contribution in [-0.2, 0) is 6.18 Å². The summed E-state index contributed by atoms with van der Waals surface area (Å²) in [7, 11) is 0. The van der Waals surface area contributed by atoms with Crippen LogP contribution in [0.3, 0.4) is 0 Å². The highest BCUT2D eigenvalue weighted by Gasteiger charge is 2.30. The van der Waals surface area contributed by atoms with Crippen LogP contribution in [-0.4, -0.2) is 15.8 Å². The number of aromatic nitrogens is 2. The van der Waals surface area contributed by atoms with Crippen LogP contribution >= 0.6 is 11.8 Å². The van der Waals surface area contributed by atoms with Gasteiger partial charge in [0, 0.05) is 0 Å². The highest BCUT2D eigenvalue weighted by molar-refractivity contribution is 7.98. The van der Waals surface area contributed by atoms with Crippen molar-refractivity contribution < 1.29 is 13.2 Å². The van der Waals surface area contributed by atoms with Crippen LogP contribution < -0.4 is 5.56 Å². The zero-order valence-electron chi connectivity index (χ0n) is 10.7. The van der Waals surface area contributed by atoms with Gasteiger partial charge in [-0.3, -0.25) is 9.36 Å². The van der Waals surface area contributed by atoms with E-state index in [2.05, 4.69) is 4.98 Å². The molecule has 1 aromatic carbocycles. The van der Waals surface area contributed by atoms with Crippen molar-refractivity contribution in [2.24, 2.45) is 0 Å². The molecule has 0 amide bonds. The fourth-order valence-electron chi connectivity index (χ4n) is 1.75. The van der Waals surface area contributed by atoms with Crippen molar-refractivity contribution in [1.29, 1.82) is 0 Å². The lowest BCUT2D eigenvalue weighted by Gasteiger charge is -2.10. The fraction of sp³-hybridized carbons (Fsp3) is 0.231. The molecule has 0 saturated heterocycles. The lowest BCUT2D eigenvalue weighted by atomic mass is 10.2. The number of benzene rings is 1. The Kier molecular flexibility index (Phi) is 3.89. The molecule has 0 bridgehead atoms. The Balaban J connectivity index is 2.51. The van der Waals surface area contributed by atoms with E-state index in [1.54, 1.807) is 13.2 Å². The number of alkyl halides is 3. The molecule has 106 valence electrons. The third-order valence-electron chi connectivity index (χ3n) is 2.79. The highest BCUT2D eigenvalue weighted by Crippen LogP contribution is 2.29. The molecule has 20 heavy (non-hydrogen) atoms. The molecule has 0 aliphatic carbocycles. The number of halogens is 3. The van der Waals surface area contributed by atoms with Gasteiger partial charge in [0.1, 0.15) is 6.33 Å². The van der Waals surface area contributed by atoms with E-state index in [4.69, 9.17) is 0 Å². The maximum atomic E-state index is 12.5. The third kappa shape index (κ3) is 2.72. The molecule has 0 spiro atoms. The molecule has 1 heterocycles. The molecule has 0 aliphatic heterocycles. The second-order valence-electron chi connectivity index (χ2n) is 4.08. The standard InChI is InChI=1S/C13H11F3N2OS/c1-8-11(20-2)12(19)18(7-17-8)10-5-3-9(4-6-10)13(14,15)16/h3-7H,1-2H3. The molecule has 0 radical (unpaired) electrons. The largest absolute Gasteiger partial charge is 0.416 e. The van der Waals surface area contributed by atoms with E-state index in [-0.39, 0.29) is 5.56 Å². The molecule has 0 fully saturated rings. The van der Waals surface area contributed by atoms with Gasteiger partial charge in [-0.1, -0.05) is 0 Å². The summed E-state index contributed by atoms with van der Waals surface area (Å²) in [5.41, 5.74) is -0.0827. The number of nitrogens with zero attached hydrogens (tertiary/aromatic N) is 2. The van der Waals surface area contributed by atoms with Crippen LogP contribution in [0.1, 0.15) is 11.3 Å². The Bertz CT molecular complexity index is 677. The van der Waals surface area contributed by atoms with Crippen molar-refractivity contribution in [3.8, 4) is 5.69 Å². The van der Waals surface area contributed by atoms with E-state index in [9.17, 15) is 18.0 Å². The zero-order valence-corrected chi connectivity index (χ0v) is 11.5. The molecule has 0 atom stereocenters. The monoisotopic (exact) mass is 300 g/mol. The van der Waals surface area contributed by atoms with Gasteiger partial charge >= 0.3 is 6.18 Å². The molecule has 0 N–H and O–H groups in total. The zero-order chi connectivity index (χ0) is 14.9. The van der Waals surface area contributed by atoms with Gasteiger partial charge in [-0.15, -0.1) is 11.8 Å². The molecular formula is C13H11F3N2OS. The summed E-state index contributed by atoms with van der Waals surface area (Å²) in [5.74, 6) is 0. The first kappa shape index (κ1) is 14.6. The molecule has 3 nitrogen and oxygen atoms in total. The van der Waals surface area contributed by atoms with Gasteiger partial charge < -0.3 is 0 Å². The Hall–Kier alpha value is -1.76. The van der Waals surface area contributed by atoms with Gasteiger partial charge in [0.05, 0.1) is 21.8 Å². The number of hydrogen-bond acceptors (Lipinski definition) is 3. The van der Waals surface area contributed by atoms with Crippen molar-refractivity contribution in [2.75, 3.05) is 6.26 Å². The molecule has 0 unspecified atom stereocenters. The van der Waals surface area contributed by atoms with Gasteiger partial charge in [-0.2, -0.15) is 13.2 Å². The van der Waals surface area contributed by atoms with Crippen molar-refractivity contribution in [1.82, 2.24) is 9.55 Å². The van der Waals surface area contributed by atoms with E-state index >= 15 is 0 Å². The van der Waals surface area contributed by atoms with Crippen LogP contribution in [0, 0.1) is 6.92 Å². The Morgan fingerprint density at radius 3 is 2.30 bits per heavy atom. The van der Waals surface area contributed by atoms with Crippen LogP contribution in [0.5, 0.6) is 0 Å². The summed E-state index contributed by atoms with van der Waals surface area (Å²) in [6, 6.07) is 4.40. The molecule has 7 heteroatoms. The average Bonchev–Trinajstić information content (AvgIpc) is 2.38. The van der Waals surface area contributed by atoms with Gasteiger partial charge in [0.25, 0.3) is 5.56 Å². The van der Waals surface area contributed by atoms with Crippen LogP contribution in [0.4, 0.5) is 13.2 Å². The van der Waals surface area contributed by atoms with Crippen molar-refractivity contribution >= 4 is 11.8 Å². The number of hydrogen-bond donors (Lipinski definition) is 0. The second kappa shape index (κ2) is 5.32. The van der Waals surface area contributed by atoms with Gasteiger partial charge in [0.15, 0.2) is 0 Å². The van der Waals surface area contributed by atoms with Crippen molar-refractivity contribution in [3.63, 3.8) is 0 Å². The third-order valence-corrected chi connectivity index (χ3v) is 3.66. The maximum Gasteiger partial charge on any atom is 0.416 e.